The highest BCUT2D eigenvalue weighted by Crippen LogP contribution is 2.23. The van der Waals surface area contributed by atoms with Gasteiger partial charge in [0.15, 0.2) is 0 Å². The van der Waals surface area contributed by atoms with E-state index in [9.17, 15) is 9.90 Å². The van der Waals surface area contributed by atoms with Crippen LogP contribution in [-0.4, -0.2) is 28.6 Å². The third-order valence-electron chi connectivity index (χ3n) is 4.18. The molecule has 1 fully saturated rings. The minimum Gasteiger partial charge on any atom is -0.396 e. The number of amides is 1. The van der Waals surface area contributed by atoms with Crippen LogP contribution < -0.4 is 5.32 Å². The van der Waals surface area contributed by atoms with Crippen LogP contribution >= 0.6 is 0 Å². The molecule has 4 nitrogen and oxygen atoms in total. The number of rotatable bonds is 3. The van der Waals surface area contributed by atoms with E-state index in [2.05, 4.69) is 10.3 Å². The average Bonchev–Trinajstić information content (AvgIpc) is 2.63. The molecule has 1 heterocycles. The molecule has 2 rings (SSSR count). The number of hydrogen-bond acceptors (Lipinski definition) is 3. The topological polar surface area (TPSA) is 62.2 Å². The second-order valence-corrected chi connectivity index (χ2v) is 5.75. The van der Waals surface area contributed by atoms with Gasteiger partial charge >= 0.3 is 0 Å². The Balaban J connectivity index is 2.09. The van der Waals surface area contributed by atoms with E-state index in [1.807, 2.05) is 26.0 Å². The summed E-state index contributed by atoms with van der Waals surface area (Å²) >= 11 is 0. The van der Waals surface area contributed by atoms with Crippen LogP contribution in [0.15, 0.2) is 12.1 Å². The lowest BCUT2D eigenvalue weighted by atomic mass is 9.95. The fourth-order valence-electron chi connectivity index (χ4n) is 2.97. The molecule has 1 amide bonds. The molecule has 2 atom stereocenters. The summed E-state index contributed by atoms with van der Waals surface area (Å²) in [5, 5.41) is 12.6. The highest BCUT2D eigenvalue weighted by atomic mass is 16.3. The molecule has 1 saturated carbocycles. The Morgan fingerprint density at radius 1 is 1.30 bits per heavy atom. The molecular weight excluding hydrogens is 252 g/mol. The van der Waals surface area contributed by atoms with E-state index in [0.717, 1.165) is 37.1 Å². The maximum Gasteiger partial charge on any atom is 0.253 e. The molecule has 20 heavy (non-hydrogen) atoms. The van der Waals surface area contributed by atoms with Crippen molar-refractivity contribution in [1.82, 2.24) is 10.3 Å². The van der Waals surface area contributed by atoms with Crippen LogP contribution in [0.1, 0.15) is 53.8 Å². The molecule has 4 heteroatoms. The Morgan fingerprint density at radius 2 is 2.05 bits per heavy atom. The Bertz CT molecular complexity index is 474. The minimum absolute atomic E-state index is 0.0691. The monoisotopic (exact) mass is 276 g/mol. The van der Waals surface area contributed by atoms with Gasteiger partial charge in [-0.1, -0.05) is 19.3 Å². The maximum atomic E-state index is 12.4. The fourth-order valence-corrected chi connectivity index (χ4v) is 2.97. The Labute approximate surface area is 120 Å². The summed E-state index contributed by atoms with van der Waals surface area (Å²) in [4.78, 5) is 16.7. The zero-order valence-corrected chi connectivity index (χ0v) is 12.4. The normalized spacial score (nSPS) is 23.1. The van der Waals surface area contributed by atoms with Gasteiger partial charge < -0.3 is 10.4 Å². The maximum absolute atomic E-state index is 12.4. The molecule has 2 N–H and O–H groups in total. The smallest absolute Gasteiger partial charge is 0.253 e. The second kappa shape index (κ2) is 6.84. The number of nitrogens with one attached hydrogen (secondary N) is 1. The number of nitrogens with zero attached hydrogens (tertiary/aromatic N) is 1. The van der Waals surface area contributed by atoms with E-state index in [1.54, 1.807) is 0 Å². The second-order valence-electron chi connectivity index (χ2n) is 5.75. The summed E-state index contributed by atoms with van der Waals surface area (Å²) in [6.45, 7) is 3.93. The van der Waals surface area contributed by atoms with Gasteiger partial charge in [-0.2, -0.15) is 0 Å². The van der Waals surface area contributed by atoms with Gasteiger partial charge in [0, 0.05) is 24.3 Å². The van der Waals surface area contributed by atoms with E-state index < -0.39 is 0 Å². The molecule has 1 aliphatic rings. The lowest BCUT2D eigenvalue weighted by molar-refractivity contribution is 0.0898. The number of carbonyl (C=O) groups is 1. The fraction of sp³-hybridized carbons (Fsp3) is 0.625. The minimum atomic E-state index is -0.0691. The molecule has 0 saturated heterocycles. The van der Waals surface area contributed by atoms with Gasteiger partial charge in [0.25, 0.3) is 5.91 Å². The molecule has 1 aromatic rings. The quantitative estimate of drug-likeness (QED) is 0.833. The number of aliphatic hydroxyl groups excluding tert-OH is 1. The molecular formula is C16H24N2O2. The van der Waals surface area contributed by atoms with Crippen molar-refractivity contribution in [2.24, 2.45) is 5.92 Å². The Hall–Kier alpha value is -1.42. The van der Waals surface area contributed by atoms with E-state index in [4.69, 9.17) is 0 Å². The summed E-state index contributed by atoms with van der Waals surface area (Å²) in [6, 6.07) is 3.77. The van der Waals surface area contributed by atoms with Crippen LogP contribution in [0.2, 0.25) is 0 Å². The summed E-state index contributed by atoms with van der Waals surface area (Å²) in [6.07, 6.45) is 5.39. The van der Waals surface area contributed by atoms with Crippen LogP contribution in [0.4, 0.5) is 0 Å². The van der Waals surface area contributed by atoms with Crippen molar-refractivity contribution in [3.63, 3.8) is 0 Å². The first-order valence-corrected chi connectivity index (χ1v) is 7.48. The first-order valence-electron chi connectivity index (χ1n) is 7.48. The Kier molecular flexibility index (Phi) is 5.12. The van der Waals surface area contributed by atoms with Crippen molar-refractivity contribution >= 4 is 5.91 Å². The van der Waals surface area contributed by atoms with Crippen LogP contribution in [-0.2, 0) is 0 Å². The van der Waals surface area contributed by atoms with Gasteiger partial charge in [-0.05, 0) is 38.8 Å². The van der Waals surface area contributed by atoms with Crippen molar-refractivity contribution < 1.29 is 9.90 Å². The largest absolute Gasteiger partial charge is 0.396 e. The van der Waals surface area contributed by atoms with Gasteiger partial charge in [0.05, 0.1) is 11.3 Å². The highest BCUT2D eigenvalue weighted by Gasteiger charge is 2.25. The highest BCUT2D eigenvalue weighted by molar-refractivity contribution is 5.95. The van der Waals surface area contributed by atoms with Crippen LogP contribution in [0.5, 0.6) is 0 Å². The number of aromatic nitrogens is 1. The van der Waals surface area contributed by atoms with E-state index >= 15 is 0 Å². The van der Waals surface area contributed by atoms with E-state index in [0.29, 0.717) is 5.56 Å². The lowest BCUT2D eigenvalue weighted by Gasteiger charge is -2.24. The number of aliphatic hydroxyl groups is 1. The molecule has 0 aliphatic heterocycles. The zero-order valence-electron chi connectivity index (χ0n) is 12.4. The van der Waals surface area contributed by atoms with Gasteiger partial charge in [-0.15, -0.1) is 0 Å². The molecule has 1 aromatic heterocycles. The standard InChI is InChI=1S/C16H24N2O2/c1-11-8-9-14(12(2)17-11)16(20)18-15-7-5-3-4-6-13(15)10-19/h8-9,13,15,19H,3-7,10H2,1-2H3,(H,18,20). The van der Waals surface area contributed by atoms with Crippen LogP contribution in [0.25, 0.3) is 0 Å². The number of pyridine rings is 1. The third kappa shape index (κ3) is 3.57. The van der Waals surface area contributed by atoms with Crippen molar-refractivity contribution in [3.05, 3.63) is 29.1 Å². The first kappa shape index (κ1) is 15.0. The number of aryl methyl sites for hydroxylation is 2. The van der Waals surface area contributed by atoms with Gasteiger partial charge in [-0.25, -0.2) is 0 Å². The van der Waals surface area contributed by atoms with Crippen molar-refractivity contribution in [2.75, 3.05) is 6.61 Å². The molecule has 0 aromatic carbocycles. The average molecular weight is 276 g/mol. The van der Waals surface area contributed by atoms with E-state index in [-0.39, 0.29) is 24.5 Å². The number of carbonyl (C=O) groups excluding carboxylic acids is 1. The summed E-state index contributed by atoms with van der Waals surface area (Å²) in [5.74, 6) is 0.112. The molecule has 2 unspecified atom stereocenters. The molecule has 0 spiro atoms. The summed E-state index contributed by atoms with van der Waals surface area (Å²) in [7, 11) is 0. The van der Waals surface area contributed by atoms with Crippen molar-refractivity contribution in [2.45, 2.75) is 52.0 Å². The van der Waals surface area contributed by atoms with Crippen LogP contribution in [0.3, 0.4) is 0 Å². The van der Waals surface area contributed by atoms with Gasteiger partial charge in [0.2, 0.25) is 0 Å². The lowest BCUT2D eigenvalue weighted by Crippen LogP contribution is -2.41. The molecule has 110 valence electrons. The van der Waals surface area contributed by atoms with Gasteiger partial charge in [0.1, 0.15) is 0 Å². The predicted molar refractivity (Wildman–Crippen MR) is 78.6 cm³/mol. The molecule has 0 radical (unpaired) electrons. The third-order valence-corrected chi connectivity index (χ3v) is 4.18. The molecule has 0 bridgehead atoms. The van der Waals surface area contributed by atoms with Crippen LogP contribution in [0, 0.1) is 19.8 Å². The first-order chi connectivity index (χ1) is 9.61. The summed E-state index contributed by atoms with van der Waals surface area (Å²) < 4.78 is 0. The van der Waals surface area contributed by atoms with Crippen molar-refractivity contribution in [3.8, 4) is 0 Å². The molecule has 1 aliphatic carbocycles. The van der Waals surface area contributed by atoms with Crippen molar-refractivity contribution in [1.29, 1.82) is 0 Å². The Morgan fingerprint density at radius 3 is 2.75 bits per heavy atom. The SMILES string of the molecule is Cc1ccc(C(=O)NC2CCCCCC2CO)c(C)n1. The zero-order chi connectivity index (χ0) is 14.5. The number of hydrogen-bond donors (Lipinski definition) is 2. The summed E-state index contributed by atoms with van der Waals surface area (Å²) in [5.41, 5.74) is 2.31. The van der Waals surface area contributed by atoms with Gasteiger partial charge in [-0.3, -0.25) is 9.78 Å². The predicted octanol–water partition coefficient (Wildman–Crippen LogP) is 2.37. The van der Waals surface area contributed by atoms with E-state index in [1.165, 1.54) is 6.42 Å².